The summed E-state index contributed by atoms with van der Waals surface area (Å²) < 4.78 is 5.76. The second-order valence-corrected chi connectivity index (χ2v) is 10.4. The molecule has 3 fully saturated rings. The van der Waals surface area contributed by atoms with E-state index in [4.69, 9.17) is 4.74 Å². The molecule has 0 unspecified atom stereocenters. The highest BCUT2D eigenvalue weighted by molar-refractivity contribution is 6.36. The number of fused-ring (bicyclic) bond motifs is 5. The smallest absolute Gasteiger partial charge is 0.376 e. The number of carboxylic acid groups (broad SMARTS) is 1. The molecular weight excluding hydrogens is 412 g/mol. The molecule has 0 aromatic heterocycles. The lowest BCUT2D eigenvalue weighted by Gasteiger charge is -2.59. The van der Waals surface area contributed by atoms with Crippen LogP contribution in [0.3, 0.4) is 0 Å². The zero-order valence-electron chi connectivity index (χ0n) is 18.9. The van der Waals surface area contributed by atoms with Crippen LogP contribution in [0.25, 0.3) is 0 Å². The van der Waals surface area contributed by atoms with Crippen LogP contribution >= 0.6 is 0 Å². The average molecular weight is 445 g/mol. The number of carbonyl (C=O) groups is 4. The van der Waals surface area contributed by atoms with E-state index >= 15 is 0 Å². The van der Waals surface area contributed by atoms with Gasteiger partial charge in [0.05, 0.1) is 6.10 Å². The van der Waals surface area contributed by atoms with Crippen LogP contribution in [0, 0.1) is 28.6 Å². The fraction of sp³-hybridized carbons (Fsp3) is 0.680. The van der Waals surface area contributed by atoms with Crippen LogP contribution in [-0.4, -0.2) is 45.4 Å². The molecular formula is C25H32O7. The highest BCUT2D eigenvalue weighted by Gasteiger charge is 2.71. The molecule has 7 heteroatoms. The molecule has 4 aliphatic rings. The molecule has 0 saturated heterocycles. The summed E-state index contributed by atoms with van der Waals surface area (Å²) >= 11 is 0. The zero-order chi connectivity index (χ0) is 23.5. The lowest BCUT2D eigenvalue weighted by atomic mass is 9.46. The number of Topliss-reactive ketones (excluding diaryl/α,β-unsaturated/α-hetero) is 1. The van der Waals surface area contributed by atoms with Gasteiger partial charge in [-0.05, 0) is 62.5 Å². The fourth-order valence-electron chi connectivity index (χ4n) is 7.52. The van der Waals surface area contributed by atoms with Crippen molar-refractivity contribution in [2.24, 2.45) is 28.6 Å². The number of carbonyl (C=O) groups excluding carboxylic acids is 3. The fourth-order valence-corrected chi connectivity index (χ4v) is 7.52. The lowest BCUT2D eigenvalue weighted by molar-refractivity contribution is -0.201. The van der Waals surface area contributed by atoms with E-state index in [1.807, 2.05) is 19.9 Å². The molecule has 4 aliphatic carbocycles. The number of aliphatic carboxylic acids is 1. The molecule has 7 atom stereocenters. The van der Waals surface area contributed by atoms with Crippen molar-refractivity contribution in [3.8, 4) is 0 Å². The zero-order valence-corrected chi connectivity index (χ0v) is 18.9. The molecule has 0 aromatic rings. The van der Waals surface area contributed by atoms with E-state index in [-0.39, 0.29) is 42.8 Å². The first-order valence-corrected chi connectivity index (χ1v) is 11.6. The van der Waals surface area contributed by atoms with Gasteiger partial charge in [0.15, 0.2) is 11.4 Å². The Morgan fingerprint density at radius 1 is 1.22 bits per heavy atom. The molecule has 174 valence electrons. The first kappa shape index (κ1) is 22.9. The highest BCUT2D eigenvalue weighted by Crippen LogP contribution is 2.67. The Kier molecular flexibility index (Phi) is 5.47. The van der Waals surface area contributed by atoms with Crippen LogP contribution in [0.5, 0.6) is 0 Å². The molecule has 3 saturated carbocycles. The van der Waals surface area contributed by atoms with Gasteiger partial charge in [-0.1, -0.05) is 32.4 Å². The van der Waals surface area contributed by atoms with E-state index in [1.165, 1.54) is 0 Å². The van der Waals surface area contributed by atoms with Crippen molar-refractivity contribution in [2.45, 2.75) is 77.4 Å². The number of aliphatic hydroxyl groups is 1. The summed E-state index contributed by atoms with van der Waals surface area (Å²) in [4.78, 5) is 49.3. The average Bonchev–Trinajstić information content (AvgIpc) is 3.00. The number of hydrogen-bond donors (Lipinski definition) is 2. The SMILES string of the molecule is CCCC(=O)O[C@]1(C(=O)C(=O)O)CC[C@H]2[C@@H]3CCC4=CC(=O)C=C[C@]4(C)[C@H]3[C@@H](O)C[C@@]21C. The van der Waals surface area contributed by atoms with Gasteiger partial charge in [0.2, 0.25) is 0 Å². The third-order valence-electron chi connectivity index (χ3n) is 8.92. The maximum absolute atomic E-state index is 13.0. The van der Waals surface area contributed by atoms with Crippen molar-refractivity contribution < 1.29 is 34.1 Å². The molecule has 0 amide bonds. The summed E-state index contributed by atoms with van der Waals surface area (Å²) in [5.41, 5.74) is -2.18. The summed E-state index contributed by atoms with van der Waals surface area (Å²) in [6.07, 6.45) is 7.28. The Balaban J connectivity index is 1.76. The van der Waals surface area contributed by atoms with Crippen LogP contribution in [0.4, 0.5) is 0 Å². The number of ketones is 2. The monoisotopic (exact) mass is 444 g/mol. The predicted molar refractivity (Wildman–Crippen MR) is 114 cm³/mol. The van der Waals surface area contributed by atoms with E-state index in [2.05, 4.69) is 6.92 Å². The van der Waals surface area contributed by atoms with Crippen LogP contribution in [-0.2, 0) is 23.9 Å². The number of carboxylic acids is 1. The van der Waals surface area contributed by atoms with Gasteiger partial charge >= 0.3 is 11.9 Å². The van der Waals surface area contributed by atoms with Crippen molar-refractivity contribution in [1.82, 2.24) is 0 Å². The first-order valence-electron chi connectivity index (χ1n) is 11.6. The van der Waals surface area contributed by atoms with E-state index < -0.39 is 40.3 Å². The van der Waals surface area contributed by atoms with Gasteiger partial charge in [-0.2, -0.15) is 0 Å². The van der Waals surface area contributed by atoms with E-state index in [0.29, 0.717) is 19.3 Å². The van der Waals surface area contributed by atoms with Gasteiger partial charge in [-0.3, -0.25) is 14.4 Å². The Hall–Kier alpha value is -2.28. The largest absolute Gasteiger partial charge is 0.475 e. The minimum Gasteiger partial charge on any atom is -0.475 e. The summed E-state index contributed by atoms with van der Waals surface area (Å²) in [5, 5.41) is 21.1. The van der Waals surface area contributed by atoms with Crippen molar-refractivity contribution in [3.05, 3.63) is 23.8 Å². The number of esters is 1. The number of allylic oxidation sites excluding steroid dienone is 4. The van der Waals surface area contributed by atoms with Crippen molar-refractivity contribution in [3.63, 3.8) is 0 Å². The maximum Gasteiger partial charge on any atom is 0.376 e. The molecule has 4 rings (SSSR count). The molecule has 0 aromatic carbocycles. The van der Waals surface area contributed by atoms with Crippen LogP contribution in [0.2, 0.25) is 0 Å². The number of aliphatic hydroxyl groups excluding tert-OH is 1. The van der Waals surface area contributed by atoms with Gasteiger partial charge in [-0.15, -0.1) is 0 Å². The molecule has 7 nitrogen and oxygen atoms in total. The first-order chi connectivity index (χ1) is 15.0. The normalized spacial score (nSPS) is 42.4. The third-order valence-corrected chi connectivity index (χ3v) is 8.92. The summed E-state index contributed by atoms with van der Waals surface area (Å²) in [6.45, 7) is 5.69. The summed E-state index contributed by atoms with van der Waals surface area (Å²) in [7, 11) is 0. The van der Waals surface area contributed by atoms with E-state index in [1.54, 1.807) is 12.2 Å². The van der Waals surface area contributed by atoms with Gasteiger partial charge < -0.3 is 14.9 Å². The molecule has 0 aliphatic heterocycles. The molecule has 0 radical (unpaired) electrons. The predicted octanol–water partition coefficient (Wildman–Crippen LogP) is 3.00. The van der Waals surface area contributed by atoms with Gasteiger partial charge in [0.25, 0.3) is 5.78 Å². The standard InChI is InChI=1S/C25H32O7/c1-4-5-19(28)32-25(21(29)22(30)31)11-9-17-16-7-6-14-12-15(26)8-10-23(14,2)20(16)18(27)13-24(17,25)3/h8,10,12,16-18,20,27H,4-7,9,11,13H2,1-3H3,(H,30,31)/t16-,17-,18-,20+,23-,24-,25-/m0/s1. The van der Waals surface area contributed by atoms with Crippen molar-refractivity contribution in [1.29, 1.82) is 0 Å². The highest BCUT2D eigenvalue weighted by atomic mass is 16.6. The molecule has 32 heavy (non-hydrogen) atoms. The molecule has 0 heterocycles. The van der Waals surface area contributed by atoms with Crippen LogP contribution in [0.15, 0.2) is 23.8 Å². The lowest BCUT2D eigenvalue weighted by Crippen LogP contribution is -2.63. The Morgan fingerprint density at radius 3 is 2.59 bits per heavy atom. The Bertz CT molecular complexity index is 933. The summed E-state index contributed by atoms with van der Waals surface area (Å²) in [6, 6.07) is 0. The van der Waals surface area contributed by atoms with Crippen molar-refractivity contribution >= 4 is 23.5 Å². The van der Waals surface area contributed by atoms with E-state index in [9.17, 15) is 29.4 Å². The second kappa shape index (κ2) is 7.65. The molecule has 0 spiro atoms. The topological polar surface area (TPSA) is 118 Å². The van der Waals surface area contributed by atoms with Gasteiger partial charge in [-0.25, -0.2) is 4.79 Å². The number of hydrogen-bond acceptors (Lipinski definition) is 6. The number of ether oxygens (including phenoxy) is 1. The van der Waals surface area contributed by atoms with Crippen molar-refractivity contribution in [2.75, 3.05) is 0 Å². The Morgan fingerprint density at radius 2 is 1.94 bits per heavy atom. The minimum atomic E-state index is -1.77. The van der Waals surface area contributed by atoms with Crippen LogP contribution in [0.1, 0.15) is 65.7 Å². The van der Waals surface area contributed by atoms with E-state index in [0.717, 1.165) is 12.0 Å². The number of rotatable bonds is 5. The quantitative estimate of drug-likeness (QED) is 0.494. The maximum atomic E-state index is 13.0. The van der Waals surface area contributed by atoms with Gasteiger partial charge in [0, 0.05) is 23.2 Å². The van der Waals surface area contributed by atoms with Gasteiger partial charge in [0.1, 0.15) is 0 Å². The third kappa shape index (κ3) is 3.04. The molecule has 2 N–H and O–H groups in total. The second-order valence-electron chi connectivity index (χ2n) is 10.4. The summed E-state index contributed by atoms with van der Waals surface area (Å²) in [5.74, 6) is -3.51. The van der Waals surface area contributed by atoms with Crippen LogP contribution < -0.4 is 0 Å². The minimum absolute atomic E-state index is 0.0251. The molecule has 0 bridgehead atoms. The Labute approximate surface area is 187 Å².